The van der Waals surface area contributed by atoms with Crippen LogP contribution in [0.3, 0.4) is 0 Å². The number of hydrogen-bond acceptors (Lipinski definition) is 3. The molecule has 0 bridgehead atoms. The lowest BCUT2D eigenvalue weighted by Gasteiger charge is -2.29. The molecule has 1 aromatic carbocycles. The standard InChI is InChI=1S/C15H22N2O2/c1-10-8-15(17(18)19)11(2)7-14(10)16-12(3)9-13-5-4-6-13/h7-8,12-13,16H,4-6,9H2,1-3H3. The highest BCUT2D eigenvalue weighted by atomic mass is 16.6. The number of nitrogens with one attached hydrogen (secondary N) is 1. The molecule has 0 spiro atoms. The number of rotatable bonds is 5. The van der Waals surface area contributed by atoms with Gasteiger partial charge in [0.2, 0.25) is 0 Å². The number of anilines is 1. The fraction of sp³-hybridized carbons (Fsp3) is 0.600. The largest absolute Gasteiger partial charge is 0.382 e. The van der Waals surface area contributed by atoms with Crippen LogP contribution >= 0.6 is 0 Å². The maximum atomic E-state index is 10.9. The van der Waals surface area contributed by atoms with Crippen molar-refractivity contribution in [2.24, 2.45) is 5.92 Å². The smallest absolute Gasteiger partial charge is 0.272 e. The summed E-state index contributed by atoms with van der Waals surface area (Å²) in [5.41, 5.74) is 2.89. The van der Waals surface area contributed by atoms with Gasteiger partial charge in [-0.1, -0.05) is 19.3 Å². The zero-order valence-electron chi connectivity index (χ0n) is 11.9. The Hall–Kier alpha value is -1.58. The molecule has 4 nitrogen and oxygen atoms in total. The third kappa shape index (κ3) is 3.25. The van der Waals surface area contributed by atoms with Gasteiger partial charge in [0.1, 0.15) is 0 Å². The van der Waals surface area contributed by atoms with Gasteiger partial charge in [-0.15, -0.1) is 0 Å². The van der Waals surface area contributed by atoms with E-state index in [9.17, 15) is 10.1 Å². The Labute approximate surface area is 114 Å². The molecule has 1 N–H and O–H groups in total. The van der Waals surface area contributed by atoms with E-state index in [1.165, 1.54) is 25.7 Å². The van der Waals surface area contributed by atoms with Crippen LogP contribution in [0.2, 0.25) is 0 Å². The number of nitro groups is 1. The summed E-state index contributed by atoms with van der Waals surface area (Å²) in [6, 6.07) is 3.98. The molecule has 2 rings (SSSR count). The maximum Gasteiger partial charge on any atom is 0.272 e. The topological polar surface area (TPSA) is 55.2 Å². The Morgan fingerprint density at radius 2 is 2.05 bits per heavy atom. The first-order chi connectivity index (χ1) is 8.97. The van der Waals surface area contributed by atoms with Gasteiger partial charge in [0.15, 0.2) is 0 Å². The predicted molar refractivity (Wildman–Crippen MR) is 77.6 cm³/mol. The fourth-order valence-electron chi connectivity index (χ4n) is 2.71. The van der Waals surface area contributed by atoms with Crippen molar-refractivity contribution in [3.63, 3.8) is 0 Å². The second-order valence-corrected chi connectivity index (χ2v) is 5.79. The van der Waals surface area contributed by atoms with E-state index in [-0.39, 0.29) is 10.6 Å². The molecule has 0 aliphatic heterocycles. The zero-order chi connectivity index (χ0) is 14.0. The van der Waals surface area contributed by atoms with Crippen molar-refractivity contribution in [2.45, 2.75) is 52.5 Å². The molecule has 104 valence electrons. The van der Waals surface area contributed by atoms with Crippen LogP contribution in [0, 0.1) is 29.9 Å². The minimum Gasteiger partial charge on any atom is -0.382 e. The summed E-state index contributed by atoms with van der Waals surface area (Å²) >= 11 is 0. The van der Waals surface area contributed by atoms with Crippen molar-refractivity contribution in [1.82, 2.24) is 0 Å². The molecule has 1 aromatic rings. The normalized spacial score (nSPS) is 16.8. The maximum absolute atomic E-state index is 10.9. The number of nitrogens with zero attached hydrogens (tertiary/aromatic N) is 1. The van der Waals surface area contributed by atoms with Gasteiger partial charge in [0, 0.05) is 23.4 Å². The Balaban J connectivity index is 2.07. The molecule has 4 heteroatoms. The third-order valence-corrected chi connectivity index (χ3v) is 4.05. The molecule has 1 fully saturated rings. The second kappa shape index (κ2) is 5.59. The van der Waals surface area contributed by atoms with Crippen LogP contribution in [0.25, 0.3) is 0 Å². The highest BCUT2D eigenvalue weighted by molar-refractivity contribution is 5.59. The number of benzene rings is 1. The summed E-state index contributed by atoms with van der Waals surface area (Å²) < 4.78 is 0. The van der Waals surface area contributed by atoms with Gasteiger partial charge in [-0.3, -0.25) is 10.1 Å². The van der Waals surface area contributed by atoms with Crippen molar-refractivity contribution in [1.29, 1.82) is 0 Å². The van der Waals surface area contributed by atoms with E-state index in [0.29, 0.717) is 11.6 Å². The van der Waals surface area contributed by atoms with Gasteiger partial charge in [-0.05, 0) is 44.7 Å². The van der Waals surface area contributed by atoms with Crippen LogP contribution in [0.15, 0.2) is 12.1 Å². The molecular formula is C15H22N2O2. The number of aryl methyl sites for hydroxylation is 2. The molecule has 19 heavy (non-hydrogen) atoms. The fourth-order valence-corrected chi connectivity index (χ4v) is 2.71. The number of hydrogen-bond donors (Lipinski definition) is 1. The monoisotopic (exact) mass is 262 g/mol. The van der Waals surface area contributed by atoms with Crippen molar-refractivity contribution >= 4 is 11.4 Å². The summed E-state index contributed by atoms with van der Waals surface area (Å²) in [6.07, 6.45) is 5.26. The summed E-state index contributed by atoms with van der Waals surface area (Å²) in [5, 5.41) is 14.4. The molecule has 1 aliphatic carbocycles. The van der Waals surface area contributed by atoms with E-state index in [4.69, 9.17) is 0 Å². The van der Waals surface area contributed by atoms with Crippen molar-refractivity contribution in [2.75, 3.05) is 5.32 Å². The Bertz CT molecular complexity index is 481. The Kier molecular flexibility index (Phi) is 4.08. The van der Waals surface area contributed by atoms with Gasteiger partial charge in [-0.2, -0.15) is 0 Å². The SMILES string of the molecule is Cc1cc([N+](=O)[O-])c(C)cc1NC(C)CC1CCC1. The lowest BCUT2D eigenvalue weighted by atomic mass is 9.81. The average Bonchev–Trinajstić information content (AvgIpc) is 2.28. The molecular weight excluding hydrogens is 240 g/mol. The molecule has 1 atom stereocenters. The molecule has 0 aromatic heterocycles. The molecule has 1 aliphatic rings. The summed E-state index contributed by atoms with van der Waals surface area (Å²) in [6.45, 7) is 5.90. The van der Waals surface area contributed by atoms with Gasteiger partial charge >= 0.3 is 0 Å². The van der Waals surface area contributed by atoms with E-state index in [0.717, 1.165) is 17.2 Å². The van der Waals surface area contributed by atoms with E-state index < -0.39 is 0 Å². The first kappa shape index (κ1) is 13.8. The van der Waals surface area contributed by atoms with Crippen LogP contribution < -0.4 is 5.32 Å². The van der Waals surface area contributed by atoms with Gasteiger partial charge in [0.05, 0.1) is 4.92 Å². The van der Waals surface area contributed by atoms with Crippen LogP contribution in [0.4, 0.5) is 11.4 Å². The number of nitro benzene ring substituents is 1. The van der Waals surface area contributed by atoms with Crippen molar-refractivity contribution < 1.29 is 4.92 Å². The molecule has 1 saturated carbocycles. The van der Waals surface area contributed by atoms with E-state index in [2.05, 4.69) is 12.2 Å². The van der Waals surface area contributed by atoms with Crippen LogP contribution in [0.1, 0.15) is 43.7 Å². The second-order valence-electron chi connectivity index (χ2n) is 5.79. The van der Waals surface area contributed by atoms with E-state index >= 15 is 0 Å². The molecule has 0 radical (unpaired) electrons. The highest BCUT2D eigenvalue weighted by Crippen LogP contribution is 2.32. The Morgan fingerprint density at radius 1 is 1.37 bits per heavy atom. The quantitative estimate of drug-likeness (QED) is 0.639. The average molecular weight is 262 g/mol. The van der Waals surface area contributed by atoms with E-state index in [1.54, 1.807) is 13.0 Å². The predicted octanol–water partition coefficient (Wildman–Crippen LogP) is 4.20. The van der Waals surface area contributed by atoms with Crippen LogP contribution in [0.5, 0.6) is 0 Å². The van der Waals surface area contributed by atoms with E-state index in [1.807, 2.05) is 13.0 Å². The van der Waals surface area contributed by atoms with Crippen LogP contribution in [-0.2, 0) is 0 Å². The minimum absolute atomic E-state index is 0.203. The van der Waals surface area contributed by atoms with Gasteiger partial charge < -0.3 is 5.32 Å². The lowest BCUT2D eigenvalue weighted by molar-refractivity contribution is -0.385. The van der Waals surface area contributed by atoms with Crippen molar-refractivity contribution in [3.8, 4) is 0 Å². The minimum atomic E-state index is -0.316. The summed E-state index contributed by atoms with van der Waals surface area (Å²) in [4.78, 5) is 10.6. The molecule has 0 amide bonds. The highest BCUT2D eigenvalue weighted by Gasteiger charge is 2.20. The van der Waals surface area contributed by atoms with Gasteiger partial charge in [-0.25, -0.2) is 0 Å². The third-order valence-electron chi connectivity index (χ3n) is 4.05. The Morgan fingerprint density at radius 3 is 2.58 bits per heavy atom. The zero-order valence-corrected chi connectivity index (χ0v) is 11.9. The van der Waals surface area contributed by atoms with Gasteiger partial charge in [0.25, 0.3) is 5.69 Å². The molecule has 0 saturated heterocycles. The van der Waals surface area contributed by atoms with Crippen molar-refractivity contribution in [3.05, 3.63) is 33.4 Å². The first-order valence-electron chi connectivity index (χ1n) is 6.99. The van der Waals surface area contributed by atoms with Crippen LogP contribution in [-0.4, -0.2) is 11.0 Å². The lowest BCUT2D eigenvalue weighted by Crippen LogP contribution is -2.23. The first-order valence-corrected chi connectivity index (χ1v) is 6.99. The molecule has 0 heterocycles. The summed E-state index contributed by atoms with van der Waals surface area (Å²) in [5.74, 6) is 0.863. The molecule has 1 unspecified atom stereocenters. The summed E-state index contributed by atoms with van der Waals surface area (Å²) in [7, 11) is 0.